The minimum Gasteiger partial charge on any atom is -0.384 e. The Balaban J connectivity index is 1.91. The molecule has 2 aliphatic heterocycles. The predicted molar refractivity (Wildman–Crippen MR) is 96.0 cm³/mol. The number of carbonyl (C=O) groups excluding carboxylic acids is 1. The molecule has 1 aromatic carbocycles. The van der Waals surface area contributed by atoms with Gasteiger partial charge in [-0.3, -0.25) is 4.79 Å². The summed E-state index contributed by atoms with van der Waals surface area (Å²) in [6.07, 6.45) is 4.92. The lowest BCUT2D eigenvalue weighted by molar-refractivity contribution is -0.135. The van der Waals surface area contributed by atoms with E-state index in [1.807, 2.05) is 6.07 Å². The second kappa shape index (κ2) is 8.28. The number of likely N-dealkylation sites (tertiary alicyclic amines) is 2. The van der Waals surface area contributed by atoms with Crippen LogP contribution in [0.15, 0.2) is 24.3 Å². The fourth-order valence-corrected chi connectivity index (χ4v) is 4.52. The van der Waals surface area contributed by atoms with Crippen molar-refractivity contribution in [1.82, 2.24) is 9.80 Å². The van der Waals surface area contributed by atoms with Crippen molar-refractivity contribution in [3.05, 3.63) is 35.6 Å². The maximum Gasteiger partial charge on any atom is 0.225 e. The van der Waals surface area contributed by atoms with E-state index in [4.69, 9.17) is 4.74 Å². The van der Waals surface area contributed by atoms with Gasteiger partial charge in [0, 0.05) is 32.2 Å². The molecule has 3 atom stereocenters. The van der Waals surface area contributed by atoms with Gasteiger partial charge in [0.2, 0.25) is 5.91 Å². The predicted octanol–water partition coefficient (Wildman–Crippen LogP) is 3.03. The highest BCUT2D eigenvalue weighted by Crippen LogP contribution is 2.38. The third-order valence-electron chi connectivity index (χ3n) is 5.73. The number of hydrogen-bond acceptors (Lipinski definition) is 3. The van der Waals surface area contributed by atoms with Crippen LogP contribution in [0.5, 0.6) is 0 Å². The van der Waals surface area contributed by atoms with Crippen molar-refractivity contribution >= 4 is 5.91 Å². The highest BCUT2D eigenvalue weighted by Gasteiger charge is 2.45. The summed E-state index contributed by atoms with van der Waals surface area (Å²) < 4.78 is 18.9. The first-order valence-corrected chi connectivity index (χ1v) is 9.36. The van der Waals surface area contributed by atoms with Gasteiger partial charge in [-0.2, -0.15) is 0 Å². The maximum absolute atomic E-state index is 13.8. The number of benzene rings is 1. The third kappa shape index (κ3) is 4.04. The molecule has 1 aromatic rings. The van der Waals surface area contributed by atoms with E-state index in [1.54, 1.807) is 19.2 Å². The Hall–Kier alpha value is -1.46. The van der Waals surface area contributed by atoms with Crippen LogP contribution in [-0.2, 0) is 9.53 Å². The van der Waals surface area contributed by atoms with Crippen LogP contribution in [0.2, 0.25) is 0 Å². The van der Waals surface area contributed by atoms with E-state index < -0.39 is 0 Å². The molecule has 0 aliphatic carbocycles. The second-order valence-corrected chi connectivity index (χ2v) is 7.34. The van der Waals surface area contributed by atoms with E-state index in [2.05, 4.69) is 16.8 Å². The van der Waals surface area contributed by atoms with Gasteiger partial charge in [0.25, 0.3) is 0 Å². The zero-order chi connectivity index (χ0) is 17.8. The molecule has 2 saturated heterocycles. The maximum atomic E-state index is 13.8. The number of fused-ring (bicyclic) bond motifs is 1. The van der Waals surface area contributed by atoms with Gasteiger partial charge < -0.3 is 14.5 Å². The average Bonchev–Trinajstić information content (AvgIpc) is 2.88. The molecule has 0 radical (unpaired) electrons. The molecule has 1 amide bonds. The zero-order valence-corrected chi connectivity index (χ0v) is 15.3. The van der Waals surface area contributed by atoms with Crippen LogP contribution in [0.25, 0.3) is 0 Å². The summed E-state index contributed by atoms with van der Waals surface area (Å²) in [5, 5.41) is 0. The molecule has 0 spiro atoms. The van der Waals surface area contributed by atoms with Gasteiger partial charge in [0.15, 0.2) is 0 Å². The van der Waals surface area contributed by atoms with Crippen molar-refractivity contribution in [3.8, 4) is 0 Å². The van der Waals surface area contributed by atoms with Gasteiger partial charge in [-0.15, -0.1) is 0 Å². The number of hydrogen-bond donors (Lipinski definition) is 0. The summed E-state index contributed by atoms with van der Waals surface area (Å²) in [4.78, 5) is 17.3. The summed E-state index contributed by atoms with van der Waals surface area (Å²) in [5.41, 5.74) is 1.00. The second-order valence-electron chi connectivity index (χ2n) is 7.34. The molecule has 0 bridgehead atoms. The van der Waals surface area contributed by atoms with Crippen LogP contribution >= 0.6 is 0 Å². The molecular formula is C20H29FN2O2. The van der Waals surface area contributed by atoms with Gasteiger partial charge in [0.1, 0.15) is 5.82 Å². The molecule has 2 aliphatic rings. The van der Waals surface area contributed by atoms with Crippen molar-refractivity contribution in [1.29, 1.82) is 0 Å². The normalized spacial score (nSPS) is 27.6. The number of likely N-dealkylation sites (N-methyl/N-ethyl adjacent to an activating group) is 1. The number of carbonyl (C=O) groups is 1. The molecule has 2 heterocycles. The summed E-state index contributed by atoms with van der Waals surface area (Å²) in [6.45, 7) is 2.11. The van der Waals surface area contributed by atoms with E-state index >= 15 is 0 Å². The van der Waals surface area contributed by atoms with E-state index in [9.17, 15) is 9.18 Å². The smallest absolute Gasteiger partial charge is 0.225 e. The van der Waals surface area contributed by atoms with E-state index in [0.717, 1.165) is 37.9 Å². The van der Waals surface area contributed by atoms with Crippen LogP contribution in [0, 0.1) is 5.82 Å². The van der Waals surface area contributed by atoms with Crippen LogP contribution in [0.4, 0.5) is 4.39 Å². The lowest BCUT2D eigenvalue weighted by Gasteiger charge is -2.39. The van der Waals surface area contributed by atoms with Gasteiger partial charge in [-0.25, -0.2) is 4.39 Å². The Kier molecular flexibility index (Phi) is 6.07. The third-order valence-corrected chi connectivity index (χ3v) is 5.73. The molecule has 25 heavy (non-hydrogen) atoms. The van der Waals surface area contributed by atoms with Crippen LogP contribution in [0.3, 0.4) is 0 Å². The number of methoxy groups -OCH3 is 1. The number of amides is 1. The van der Waals surface area contributed by atoms with E-state index in [1.165, 1.54) is 12.5 Å². The Morgan fingerprint density at radius 2 is 2.16 bits per heavy atom. The molecular weight excluding hydrogens is 319 g/mol. The van der Waals surface area contributed by atoms with Crippen LogP contribution < -0.4 is 0 Å². The number of nitrogens with zero attached hydrogens (tertiary/aromatic N) is 2. The summed E-state index contributed by atoms with van der Waals surface area (Å²) in [6, 6.07) is 7.37. The van der Waals surface area contributed by atoms with Crippen molar-refractivity contribution in [2.45, 2.75) is 50.1 Å². The Bertz CT molecular complexity index is 595. The summed E-state index contributed by atoms with van der Waals surface area (Å²) >= 11 is 0. The van der Waals surface area contributed by atoms with Crippen molar-refractivity contribution in [3.63, 3.8) is 0 Å². The topological polar surface area (TPSA) is 32.8 Å². The largest absolute Gasteiger partial charge is 0.384 e. The SMILES string of the molecule is COCCC(=O)N1CCCCC[C@@H]2[C@@H]1[C@H](c1cccc(F)c1)CN2C. The van der Waals surface area contributed by atoms with Crippen molar-refractivity contribution in [2.24, 2.45) is 0 Å². The molecule has 0 unspecified atom stereocenters. The van der Waals surface area contributed by atoms with Crippen molar-refractivity contribution < 1.29 is 13.9 Å². The first kappa shape index (κ1) is 18.3. The monoisotopic (exact) mass is 348 g/mol. The average molecular weight is 348 g/mol. The number of ether oxygens (including phenoxy) is 1. The van der Waals surface area contributed by atoms with E-state index in [-0.39, 0.29) is 23.7 Å². The molecule has 0 N–H and O–H groups in total. The van der Waals surface area contributed by atoms with Gasteiger partial charge >= 0.3 is 0 Å². The molecule has 3 rings (SSSR count). The molecule has 5 heteroatoms. The number of halogens is 1. The van der Waals surface area contributed by atoms with E-state index in [0.29, 0.717) is 19.1 Å². The molecule has 138 valence electrons. The number of rotatable bonds is 4. The minimum atomic E-state index is -0.202. The molecule has 2 fully saturated rings. The fourth-order valence-electron chi connectivity index (χ4n) is 4.52. The summed E-state index contributed by atoms with van der Waals surface area (Å²) in [5.74, 6) is 0.123. The van der Waals surface area contributed by atoms with Gasteiger partial charge in [0.05, 0.1) is 19.1 Å². The lowest BCUT2D eigenvalue weighted by atomic mass is 9.86. The quantitative estimate of drug-likeness (QED) is 0.838. The molecule has 0 aromatic heterocycles. The minimum absolute atomic E-state index is 0.122. The standard InChI is InChI=1S/C20H29FN2O2/c1-22-14-17(15-7-6-8-16(21)13-15)20-18(22)9-4-3-5-11-23(20)19(24)10-12-25-2/h6-8,13,17-18,20H,3-5,9-12,14H2,1-2H3/t17-,18+,20-/m0/s1. The Morgan fingerprint density at radius 1 is 1.32 bits per heavy atom. The zero-order valence-electron chi connectivity index (χ0n) is 15.3. The summed E-state index contributed by atoms with van der Waals surface area (Å²) in [7, 11) is 3.76. The lowest BCUT2D eigenvalue weighted by Crippen LogP contribution is -2.50. The van der Waals surface area contributed by atoms with Crippen LogP contribution in [0.1, 0.15) is 43.6 Å². The molecule has 0 saturated carbocycles. The Labute approximate surface area is 149 Å². The first-order chi connectivity index (χ1) is 12.1. The first-order valence-electron chi connectivity index (χ1n) is 9.36. The highest BCUT2D eigenvalue weighted by atomic mass is 19.1. The highest BCUT2D eigenvalue weighted by molar-refractivity contribution is 5.77. The van der Waals surface area contributed by atoms with Gasteiger partial charge in [-0.1, -0.05) is 25.0 Å². The Morgan fingerprint density at radius 3 is 2.92 bits per heavy atom. The van der Waals surface area contributed by atoms with Gasteiger partial charge in [-0.05, 0) is 37.6 Å². The van der Waals surface area contributed by atoms with Crippen molar-refractivity contribution in [2.75, 3.05) is 33.9 Å². The molecule has 4 nitrogen and oxygen atoms in total. The van der Waals surface area contributed by atoms with Crippen LogP contribution in [-0.4, -0.2) is 61.6 Å². The fraction of sp³-hybridized carbons (Fsp3) is 0.650.